The van der Waals surface area contributed by atoms with Gasteiger partial charge < -0.3 is 10.2 Å². The second-order valence-electron chi connectivity index (χ2n) is 5.20. The van der Waals surface area contributed by atoms with Crippen LogP contribution in [0.25, 0.3) is 0 Å². The van der Waals surface area contributed by atoms with Gasteiger partial charge in [-0.25, -0.2) is 8.42 Å². The number of thiophene rings is 1. The van der Waals surface area contributed by atoms with Crippen molar-refractivity contribution in [1.29, 1.82) is 0 Å². The summed E-state index contributed by atoms with van der Waals surface area (Å²) in [4.78, 5) is 3.36. The summed E-state index contributed by atoms with van der Waals surface area (Å²) in [5, 5.41) is 3.04. The van der Waals surface area contributed by atoms with E-state index in [1.165, 1.54) is 11.3 Å². The van der Waals surface area contributed by atoms with Crippen LogP contribution in [0.4, 0.5) is 0 Å². The molecule has 0 aliphatic heterocycles. The number of hydrogen-bond donors (Lipinski definition) is 1. The molecule has 0 aliphatic rings. The first kappa shape index (κ1) is 19.1. The Hall–Kier alpha value is 0.01000. The van der Waals surface area contributed by atoms with E-state index in [9.17, 15) is 8.42 Å². The van der Waals surface area contributed by atoms with Crippen LogP contribution < -0.4 is 5.32 Å². The quantitative estimate of drug-likeness (QED) is 0.730. The van der Waals surface area contributed by atoms with Crippen LogP contribution in [-0.4, -0.2) is 57.9 Å². The van der Waals surface area contributed by atoms with E-state index < -0.39 is 10.0 Å². The minimum absolute atomic E-state index is 0.0745. The number of nitrogens with one attached hydrogen (secondary N) is 1. The fourth-order valence-corrected chi connectivity index (χ4v) is 6.58. The van der Waals surface area contributed by atoms with E-state index in [4.69, 9.17) is 0 Å². The molecule has 0 aliphatic carbocycles. The van der Waals surface area contributed by atoms with Gasteiger partial charge in [0.2, 0.25) is 10.0 Å². The predicted octanol–water partition coefficient (Wildman–Crippen LogP) is 2.19. The van der Waals surface area contributed by atoms with Gasteiger partial charge in [0.15, 0.2) is 0 Å². The maximum atomic E-state index is 12.9. The van der Waals surface area contributed by atoms with E-state index >= 15 is 0 Å². The minimum Gasteiger partial charge on any atom is -0.315 e. The first-order valence-corrected chi connectivity index (χ1v) is 9.88. The summed E-state index contributed by atoms with van der Waals surface area (Å²) in [6.45, 7) is 5.63. The summed E-state index contributed by atoms with van der Waals surface area (Å²) >= 11 is 4.85. The Morgan fingerprint density at radius 2 is 2.05 bits per heavy atom. The predicted molar refractivity (Wildman–Crippen MR) is 92.4 cm³/mol. The van der Waals surface area contributed by atoms with Crippen LogP contribution in [0.3, 0.4) is 0 Å². The summed E-state index contributed by atoms with van der Waals surface area (Å²) in [7, 11) is 2.26. The van der Waals surface area contributed by atoms with E-state index in [2.05, 4.69) is 21.2 Å². The van der Waals surface area contributed by atoms with Gasteiger partial charge in [-0.1, -0.05) is 6.92 Å². The van der Waals surface area contributed by atoms with Crippen molar-refractivity contribution in [3.8, 4) is 0 Å². The molecule has 0 spiro atoms. The van der Waals surface area contributed by atoms with Crippen LogP contribution in [0.2, 0.25) is 0 Å². The van der Waals surface area contributed by atoms with Gasteiger partial charge in [-0.2, -0.15) is 4.31 Å². The number of rotatable bonds is 8. The highest BCUT2D eigenvalue weighted by Crippen LogP contribution is 2.34. The van der Waals surface area contributed by atoms with Crippen LogP contribution in [0.1, 0.15) is 18.7 Å². The molecule has 1 N–H and O–H groups in total. The van der Waals surface area contributed by atoms with Gasteiger partial charge in [0.1, 0.15) is 4.90 Å². The molecule has 0 fully saturated rings. The fourth-order valence-electron chi connectivity index (χ4n) is 2.30. The highest BCUT2D eigenvalue weighted by atomic mass is 79.9. The molecule has 8 heteroatoms. The van der Waals surface area contributed by atoms with Crippen molar-refractivity contribution >= 4 is 37.3 Å². The van der Waals surface area contributed by atoms with E-state index in [0.29, 0.717) is 28.3 Å². The van der Waals surface area contributed by atoms with E-state index in [1.54, 1.807) is 10.4 Å². The molecular formula is C13H24BrN3O2S2. The van der Waals surface area contributed by atoms with Gasteiger partial charge in [-0.05, 0) is 50.1 Å². The third-order valence-corrected chi connectivity index (χ3v) is 7.42. The fraction of sp³-hybridized carbons (Fsp3) is 0.692. The van der Waals surface area contributed by atoms with Gasteiger partial charge in [-0.15, -0.1) is 11.3 Å². The molecule has 1 rings (SSSR count). The van der Waals surface area contributed by atoms with Gasteiger partial charge in [-0.3, -0.25) is 0 Å². The number of hydrogen-bond acceptors (Lipinski definition) is 5. The molecule has 21 heavy (non-hydrogen) atoms. The maximum absolute atomic E-state index is 12.9. The lowest BCUT2D eigenvalue weighted by molar-refractivity contribution is 0.271. The molecule has 0 radical (unpaired) electrons. The average Bonchev–Trinajstić information content (AvgIpc) is 2.71. The van der Waals surface area contributed by atoms with Crippen molar-refractivity contribution in [3.63, 3.8) is 0 Å². The lowest BCUT2D eigenvalue weighted by Gasteiger charge is -2.29. The molecule has 1 heterocycles. The SMILES string of the molecule is CCN(C(C)CN(C)C)S(=O)(=O)c1cc(CNC)sc1Br. The Morgan fingerprint density at radius 3 is 2.52 bits per heavy atom. The van der Waals surface area contributed by atoms with E-state index in [1.807, 2.05) is 39.9 Å². The molecule has 0 saturated carbocycles. The zero-order chi connectivity index (χ0) is 16.2. The number of sulfonamides is 1. The second-order valence-corrected chi connectivity index (χ2v) is 9.51. The zero-order valence-electron chi connectivity index (χ0n) is 13.2. The largest absolute Gasteiger partial charge is 0.315 e. The molecule has 122 valence electrons. The van der Waals surface area contributed by atoms with Crippen molar-refractivity contribution in [1.82, 2.24) is 14.5 Å². The zero-order valence-corrected chi connectivity index (χ0v) is 16.4. The number of likely N-dealkylation sites (N-methyl/N-ethyl adjacent to an activating group) is 2. The lowest BCUT2D eigenvalue weighted by Crippen LogP contribution is -2.43. The Bertz CT molecular complexity index is 558. The van der Waals surface area contributed by atoms with Crippen molar-refractivity contribution in [2.24, 2.45) is 0 Å². The Labute approximate surface area is 140 Å². The summed E-state index contributed by atoms with van der Waals surface area (Å²) < 4.78 is 28.0. The Balaban J connectivity index is 3.12. The molecule has 1 aromatic heterocycles. The molecule has 0 bridgehead atoms. The van der Waals surface area contributed by atoms with Crippen LogP contribution >= 0.6 is 27.3 Å². The molecule has 0 aromatic carbocycles. The molecule has 0 saturated heterocycles. The van der Waals surface area contributed by atoms with Crippen molar-refractivity contribution in [2.75, 3.05) is 34.2 Å². The van der Waals surface area contributed by atoms with Crippen LogP contribution in [0.5, 0.6) is 0 Å². The van der Waals surface area contributed by atoms with Crippen molar-refractivity contribution in [3.05, 3.63) is 14.7 Å². The third-order valence-electron chi connectivity index (χ3n) is 3.08. The first-order valence-electron chi connectivity index (χ1n) is 6.83. The molecule has 5 nitrogen and oxygen atoms in total. The van der Waals surface area contributed by atoms with E-state index in [-0.39, 0.29) is 6.04 Å². The monoisotopic (exact) mass is 397 g/mol. The van der Waals surface area contributed by atoms with Gasteiger partial charge in [0.05, 0.1) is 3.79 Å². The topological polar surface area (TPSA) is 52.7 Å². The highest BCUT2D eigenvalue weighted by Gasteiger charge is 2.31. The molecule has 1 aromatic rings. The van der Waals surface area contributed by atoms with Crippen molar-refractivity contribution in [2.45, 2.75) is 31.3 Å². The summed E-state index contributed by atoms with van der Waals surface area (Å²) in [6, 6.07) is 1.68. The lowest BCUT2D eigenvalue weighted by atomic mass is 10.3. The third kappa shape index (κ3) is 4.74. The normalized spacial score (nSPS) is 14.1. The van der Waals surface area contributed by atoms with Crippen molar-refractivity contribution < 1.29 is 8.42 Å². The Morgan fingerprint density at radius 1 is 1.43 bits per heavy atom. The summed E-state index contributed by atoms with van der Waals surface area (Å²) in [5.74, 6) is 0. The van der Waals surface area contributed by atoms with Crippen LogP contribution in [-0.2, 0) is 16.6 Å². The molecule has 1 unspecified atom stereocenters. The van der Waals surface area contributed by atoms with Crippen LogP contribution in [0, 0.1) is 0 Å². The molecule has 1 atom stereocenters. The number of nitrogens with zero attached hydrogens (tertiary/aromatic N) is 2. The maximum Gasteiger partial charge on any atom is 0.245 e. The highest BCUT2D eigenvalue weighted by molar-refractivity contribution is 9.11. The van der Waals surface area contributed by atoms with Gasteiger partial charge >= 0.3 is 0 Å². The average molecular weight is 398 g/mol. The summed E-state index contributed by atoms with van der Waals surface area (Å²) in [5.41, 5.74) is 0. The van der Waals surface area contributed by atoms with E-state index in [0.717, 1.165) is 4.88 Å². The molecule has 0 amide bonds. The Kier molecular flexibility index (Phi) is 7.29. The first-order chi connectivity index (χ1) is 9.73. The van der Waals surface area contributed by atoms with Gasteiger partial charge in [0, 0.05) is 30.6 Å². The summed E-state index contributed by atoms with van der Waals surface area (Å²) in [6.07, 6.45) is 0. The molecular weight excluding hydrogens is 374 g/mol. The van der Waals surface area contributed by atoms with Crippen LogP contribution in [0.15, 0.2) is 14.7 Å². The number of halogens is 1. The standard InChI is InChI=1S/C13H24BrN3O2S2/c1-6-17(10(2)9-16(4)5)21(18,19)12-7-11(8-15-3)20-13(12)14/h7,10,15H,6,8-9H2,1-5H3. The van der Waals surface area contributed by atoms with Gasteiger partial charge in [0.25, 0.3) is 0 Å². The second kappa shape index (κ2) is 8.03. The smallest absolute Gasteiger partial charge is 0.245 e. The minimum atomic E-state index is -3.48.